The highest BCUT2D eigenvalue weighted by molar-refractivity contribution is 5.72. The largest absolute Gasteiger partial charge is 0.469 e. The molecule has 0 radical (unpaired) electrons. The summed E-state index contributed by atoms with van der Waals surface area (Å²) in [6, 6.07) is 6.19. The second kappa shape index (κ2) is 4.99. The average molecular weight is 233 g/mol. The van der Waals surface area contributed by atoms with Gasteiger partial charge in [0, 0.05) is 6.04 Å². The molecule has 0 bridgehead atoms. The van der Waals surface area contributed by atoms with Gasteiger partial charge >= 0.3 is 5.97 Å². The van der Waals surface area contributed by atoms with E-state index in [9.17, 15) is 9.59 Å². The quantitative estimate of drug-likeness (QED) is 0.612. The van der Waals surface area contributed by atoms with Crippen LogP contribution in [0.3, 0.4) is 0 Å². The summed E-state index contributed by atoms with van der Waals surface area (Å²) in [5.74, 6) is -0.231. The fourth-order valence-corrected chi connectivity index (χ4v) is 2.23. The molecule has 0 fully saturated rings. The van der Waals surface area contributed by atoms with Crippen LogP contribution in [0, 0.1) is 0 Å². The smallest absolute Gasteiger partial charge is 0.309 e. The van der Waals surface area contributed by atoms with E-state index < -0.39 is 0 Å². The second-order valence-electron chi connectivity index (χ2n) is 4.25. The minimum atomic E-state index is -0.231. The lowest BCUT2D eigenvalue weighted by molar-refractivity contribution is -0.139. The van der Waals surface area contributed by atoms with Gasteiger partial charge in [-0.05, 0) is 29.5 Å². The van der Waals surface area contributed by atoms with E-state index in [0.717, 1.165) is 24.8 Å². The van der Waals surface area contributed by atoms with Gasteiger partial charge in [0.15, 0.2) is 0 Å². The Labute approximate surface area is 100.0 Å². The first-order valence-electron chi connectivity index (χ1n) is 5.60. The molecule has 1 aliphatic rings. The van der Waals surface area contributed by atoms with Crippen LogP contribution in [0.1, 0.15) is 16.7 Å². The Balaban J connectivity index is 2.09. The molecule has 1 amide bonds. The maximum Gasteiger partial charge on any atom is 0.309 e. The molecule has 0 saturated carbocycles. The second-order valence-corrected chi connectivity index (χ2v) is 4.25. The normalized spacial score (nSPS) is 17.4. The summed E-state index contributed by atoms with van der Waals surface area (Å²) in [4.78, 5) is 21.6. The number of esters is 1. The molecule has 0 aromatic heterocycles. The molecule has 17 heavy (non-hydrogen) atoms. The number of carbonyl (C=O) groups is 2. The van der Waals surface area contributed by atoms with Crippen LogP contribution in [0.15, 0.2) is 18.2 Å². The van der Waals surface area contributed by atoms with Gasteiger partial charge in [0.1, 0.15) is 0 Å². The number of rotatable bonds is 4. The standard InChI is InChI=1S/C13H15NO3/c1-17-13(16)5-9-2-3-10-6-12(14-8-15)7-11(10)4-9/h2-4,8,12H,5-7H2,1H3,(H,14,15). The van der Waals surface area contributed by atoms with E-state index >= 15 is 0 Å². The van der Waals surface area contributed by atoms with Crippen LogP contribution in [0.2, 0.25) is 0 Å². The topological polar surface area (TPSA) is 55.4 Å². The van der Waals surface area contributed by atoms with Crippen LogP contribution in [-0.2, 0) is 33.6 Å². The number of nitrogens with one attached hydrogen (secondary N) is 1. The zero-order valence-electron chi connectivity index (χ0n) is 9.73. The van der Waals surface area contributed by atoms with Gasteiger partial charge in [-0.15, -0.1) is 0 Å². The molecule has 1 aromatic carbocycles. The number of hydrogen-bond donors (Lipinski definition) is 1. The van der Waals surface area contributed by atoms with Gasteiger partial charge in [0.25, 0.3) is 0 Å². The van der Waals surface area contributed by atoms with E-state index in [4.69, 9.17) is 0 Å². The van der Waals surface area contributed by atoms with Crippen molar-refractivity contribution >= 4 is 12.4 Å². The van der Waals surface area contributed by atoms with Crippen LogP contribution >= 0.6 is 0 Å². The summed E-state index contributed by atoms with van der Waals surface area (Å²) >= 11 is 0. The van der Waals surface area contributed by atoms with Crippen molar-refractivity contribution < 1.29 is 14.3 Å². The summed E-state index contributed by atoms with van der Waals surface area (Å²) in [5, 5.41) is 2.79. The Morgan fingerprint density at radius 2 is 2.24 bits per heavy atom. The number of hydrogen-bond acceptors (Lipinski definition) is 3. The van der Waals surface area contributed by atoms with E-state index in [1.54, 1.807) is 0 Å². The monoisotopic (exact) mass is 233 g/mol. The van der Waals surface area contributed by atoms with Gasteiger partial charge in [-0.2, -0.15) is 0 Å². The van der Waals surface area contributed by atoms with Crippen molar-refractivity contribution in [3.8, 4) is 0 Å². The third-order valence-corrected chi connectivity index (χ3v) is 3.08. The van der Waals surface area contributed by atoms with Crippen molar-refractivity contribution in [2.45, 2.75) is 25.3 Å². The van der Waals surface area contributed by atoms with Gasteiger partial charge in [-0.1, -0.05) is 18.2 Å². The van der Waals surface area contributed by atoms with Crippen molar-refractivity contribution in [3.05, 3.63) is 34.9 Å². The van der Waals surface area contributed by atoms with Crippen molar-refractivity contribution in [3.63, 3.8) is 0 Å². The number of amides is 1. The molecule has 0 spiro atoms. The maximum atomic E-state index is 11.2. The average Bonchev–Trinajstić information content (AvgIpc) is 2.71. The highest BCUT2D eigenvalue weighted by Gasteiger charge is 2.21. The molecular formula is C13H15NO3. The van der Waals surface area contributed by atoms with Crippen LogP contribution in [-0.4, -0.2) is 25.5 Å². The minimum Gasteiger partial charge on any atom is -0.469 e. The lowest BCUT2D eigenvalue weighted by Gasteiger charge is -2.04. The zero-order chi connectivity index (χ0) is 12.3. The Morgan fingerprint density at radius 1 is 1.47 bits per heavy atom. The number of ether oxygens (including phenoxy) is 1. The Hall–Kier alpha value is -1.84. The number of fused-ring (bicyclic) bond motifs is 1. The highest BCUT2D eigenvalue weighted by Crippen LogP contribution is 2.23. The highest BCUT2D eigenvalue weighted by atomic mass is 16.5. The number of benzene rings is 1. The summed E-state index contributed by atoms with van der Waals surface area (Å²) in [7, 11) is 1.39. The summed E-state index contributed by atoms with van der Waals surface area (Å²) in [6.45, 7) is 0. The van der Waals surface area contributed by atoms with Crippen LogP contribution in [0.25, 0.3) is 0 Å². The molecule has 4 nitrogen and oxygen atoms in total. The number of carbonyl (C=O) groups excluding carboxylic acids is 2. The van der Waals surface area contributed by atoms with Gasteiger partial charge in [0.05, 0.1) is 13.5 Å². The molecule has 0 heterocycles. The lowest BCUT2D eigenvalue weighted by atomic mass is 10.0. The van der Waals surface area contributed by atoms with Crippen molar-refractivity contribution in [2.24, 2.45) is 0 Å². The first kappa shape index (κ1) is 11.6. The van der Waals surface area contributed by atoms with Gasteiger partial charge in [0.2, 0.25) is 6.41 Å². The van der Waals surface area contributed by atoms with Gasteiger partial charge in [-0.25, -0.2) is 0 Å². The van der Waals surface area contributed by atoms with Gasteiger partial charge < -0.3 is 10.1 Å². The maximum absolute atomic E-state index is 11.2. The van der Waals surface area contributed by atoms with Gasteiger partial charge in [-0.3, -0.25) is 9.59 Å². The van der Waals surface area contributed by atoms with E-state index in [-0.39, 0.29) is 12.0 Å². The molecule has 1 atom stereocenters. The predicted octanol–water partition coefficient (Wildman–Crippen LogP) is 0.615. The first-order chi connectivity index (χ1) is 8.22. The van der Waals surface area contributed by atoms with Crippen molar-refractivity contribution in [1.82, 2.24) is 5.32 Å². The predicted molar refractivity (Wildman–Crippen MR) is 62.6 cm³/mol. The van der Waals surface area contributed by atoms with Crippen molar-refractivity contribution in [1.29, 1.82) is 0 Å². The fraction of sp³-hybridized carbons (Fsp3) is 0.385. The van der Waals surface area contributed by atoms with Crippen LogP contribution < -0.4 is 5.32 Å². The van der Waals surface area contributed by atoms with Crippen molar-refractivity contribution in [2.75, 3.05) is 7.11 Å². The number of methoxy groups -OCH3 is 1. The van der Waals surface area contributed by atoms with E-state index in [2.05, 4.69) is 10.1 Å². The lowest BCUT2D eigenvalue weighted by Crippen LogP contribution is -2.27. The van der Waals surface area contributed by atoms with E-state index in [1.165, 1.54) is 18.2 Å². The van der Waals surface area contributed by atoms with Crippen LogP contribution in [0.4, 0.5) is 0 Å². The Morgan fingerprint density at radius 3 is 2.94 bits per heavy atom. The molecular weight excluding hydrogens is 218 g/mol. The molecule has 0 saturated heterocycles. The molecule has 2 rings (SSSR count). The minimum absolute atomic E-state index is 0.191. The molecule has 1 N–H and O–H groups in total. The summed E-state index contributed by atoms with van der Waals surface area (Å²) < 4.78 is 4.64. The molecule has 1 unspecified atom stereocenters. The SMILES string of the molecule is COC(=O)Cc1ccc2c(c1)CC(NC=O)C2. The van der Waals surface area contributed by atoms with E-state index in [1.807, 2.05) is 18.2 Å². The fourth-order valence-electron chi connectivity index (χ4n) is 2.23. The first-order valence-corrected chi connectivity index (χ1v) is 5.60. The third-order valence-electron chi connectivity index (χ3n) is 3.08. The molecule has 90 valence electrons. The van der Waals surface area contributed by atoms with E-state index in [0.29, 0.717) is 6.42 Å². The molecule has 4 heteroatoms. The Bertz CT molecular complexity index is 442. The van der Waals surface area contributed by atoms with Crippen LogP contribution in [0.5, 0.6) is 0 Å². The summed E-state index contributed by atoms with van der Waals surface area (Å²) in [5.41, 5.74) is 3.42. The Kier molecular flexibility index (Phi) is 3.42. The zero-order valence-corrected chi connectivity index (χ0v) is 9.73. The molecule has 0 aliphatic heterocycles. The summed E-state index contributed by atoms with van der Waals surface area (Å²) in [6.07, 6.45) is 2.75. The molecule has 1 aliphatic carbocycles. The molecule has 1 aromatic rings. The third kappa shape index (κ3) is 2.64.